The van der Waals surface area contributed by atoms with E-state index in [0.717, 1.165) is 18.8 Å². The molecule has 0 aromatic heterocycles. The highest BCUT2D eigenvalue weighted by Gasteiger charge is 2.12. The lowest BCUT2D eigenvalue weighted by molar-refractivity contribution is 0.246. The van der Waals surface area contributed by atoms with Crippen LogP contribution in [0, 0.1) is 17.2 Å². The Morgan fingerprint density at radius 1 is 1.24 bits per heavy atom. The first-order chi connectivity index (χ1) is 10.0. The van der Waals surface area contributed by atoms with Gasteiger partial charge < -0.3 is 15.0 Å². The van der Waals surface area contributed by atoms with Crippen molar-refractivity contribution >= 4 is 0 Å². The van der Waals surface area contributed by atoms with E-state index in [4.69, 9.17) is 10.00 Å². The van der Waals surface area contributed by atoms with Gasteiger partial charge in [-0.05, 0) is 44.1 Å². The van der Waals surface area contributed by atoms with Gasteiger partial charge in [0.1, 0.15) is 11.8 Å². The van der Waals surface area contributed by atoms with Crippen LogP contribution in [-0.2, 0) is 6.54 Å². The van der Waals surface area contributed by atoms with Gasteiger partial charge in [0.05, 0.1) is 0 Å². The van der Waals surface area contributed by atoms with Gasteiger partial charge in [-0.25, -0.2) is 0 Å². The molecule has 0 saturated carbocycles. The Labute approximate surface area is 128 Å². The van der Waals surface area contributed by atoms with E-state index in [1.807, 2.05) is 30.3 Å². The first-order valence-electron chi connectivity index (χ1n) is 7.48. The molecule has 1 N–H and O–H groups in total. The van der Waals surface area contributed by atoms with Gasteiger partial charge in [0.15, 0.2) is 6.61 Å². The van der Waals surface area contributed by atoms with Crippen LogP contribution in [0.5, 0.6) is 5.75 Å². The molecule has 1 rings (SSSR count). The Morgan fingerprint density at radius 3 is 2.43 bits per heavy atom. The first-order valence-corrected chi connectivity index (χ1v) is 7.48. The molecule has 1 atom stereocenters. The Hall–Kier alpha value is -1.57. The van der Waals surface area contributed by atoms with Gasteiger partial charge >= 0.3 is 0 Å². The standard InChI is InChI=1S/C17H27N3O/c1-14(2)11-16(20(3)4)13-19-12-15-5-7-17(8-6-15)21-10-9-18/h5-8,14,16,19H,10-13H2,1-4H3. The van der Waals surface area contributed by atoms with Crippen LogP contribution in [0.25, 0.3) is 0 Å². The molecular weight excluding hydrogens is 262 g/mol. The van der Waals surface area contributed by atoms with Gasteiger partial charge in [-0.3, -0.25) is 0 Å². The molecule has 4 nitrogen and oxygen atoms in total. The number of nitrogens with zero attached hydrogens (tertiary/aromatic N) is 2. The van der Waals surface area contributed by atoms with Gasteiger partial charge in [0, 0.05) is 19.1 Å². The highest BCUT2D eigenvalue weighted by molar-refractivity contribution is 5.27. The number of likely N-dealkylation sites (N-methyl/N-ethyl adjacent to an activating group) is 1. The molecule has 1 aromatic rings. The fraction of sp³-hybridized carbons (Fsp3) is 0.588. The van der Waals surface area contributed by atoms with E-state index >= 15 is 0 Å². The molecule has 0 saturated heterocycles. The second kappa shape index (κ2) is 9.38. The van der Waals surface area contributed by atoms with Gasteiger partial charge in [0.2, 0.25) is 0 Å². The minimum Gasteiger partial charge on any atom is -0.479 e. The van der Waals surface area contributed by atoms with E-state index in [2.05, 4.69) is 38.2 Å². The van der Waals surface area contributed by atoms with Gasteiger partial charge in [0.25, 0.3) is 0 Å². The Morgan fingerprint density at radius 2 is 1.90 bits per heavy atom. The number of rotatable bonds is 9. The smallest absolute Gasteiger partial charge is 0.174 e. The van der Waals surface area contributed by atoms with Gasteiger partial charge in [-0.1, -0.05) is 26.0 Å². The third-order valence-electron chi connectivity index (χ3n) is 3.41. The van der Waals surface area contributed by atoms with Crippen molar-refractivity contribution in [3.63, 3.8) is 0 Å². The monoisotopic (exact) mass is 289 g/mol. The molecule has 0 heterocycles. The zero-order chi connectivity index (χ0) is 15.7. The molecule has 116 valence electrons. The van der Waals surface area contributed by atoms with Crippen molar-refractivity contribution in [1.29, 1.82) is 5.26 Å². The lowest BCUT2D eigenvalue weighted by Crippen LogP contribution is -2.38. The van der Waals surface area contributed by atoms with Gasteiger partial charge in [-0.15, -0.1) is 0 Å². The molecule has 0 radical (unpaired) electrons. The molecule has 21 heavy (non-hydrogen) atoms. The van der Waals surface area contributed by atoms with Crippen LogP contribution in [0.3, 0.4) is 0 Å². The summed E-state index contributed by atoms with van der Waals surface area (Å²) in [6, 6.07) is 10.4. The summed E-state index contributed by atoms with van der Waals surface area (Å²) in [4.78, 5) is 2.28. The maximum absolute atomic E-state index is 8.47. The van der Waals surface area contributed by atoms with E-state index in [1.165, 1.54) is 12.0 Å². The Kier molecular flexibility index (Phi) is 7.81. The summed E-state index contributed by atoms with van der Waals surface area (Å²) in [5.74, 6) is 1.45. The van der Waals surface area contributed by atoms with Crippen molar-refractivity contribution in [3.05, 3.63) is 29.8 Å². The fourth-order valence-corrected chi connectivity index (χ4v) is 2.22. The lowest BCUT2D eigenvalue weighted by Gasteiger charge is -2.26. The molecule has 0 spiro atoms. The molecule has 0 amide bonds. The topological polar surface area (TPSA) is 48.3 Å². The number of ether oxygens (including phenoxy) is 1. The van der Waals surface area contributed by atoms with Crippen molar-refractivity contribution in [2.24, 2.45) is 5.92 Å². The highest BCUT2D eigenvalue weighted by Crippen LogP contribution is 2.12. The lowest BCUT2D eigenvalue weighted by atomic mass is 10.0. The largest absolute Gasteiger partial charge is 0.479 e. The van der Waals surface area contributed by atoms with Gasteiger partial charge in [-0.2, -0.15) is 5.26 Å². The van der Waals surface area contributed by atoms with Crippen molar-refractivity contribution in [1.82, 2.24) is 10.2 Å². The maximum atomic E-state index is 8.47. The number of nitrogens with one attached hydrogen (secondary N) is 1. The zero-order valence-electron chi connectivity index (χ0n) is 13.6. The van der Waals surface area contributed by atoms with Crippen LogP contribution >= 0.6 is 0 Å². The molecule has 0 aliphatic carbocycles. The van der Waals surface area contributed by atoms with Crippen molar-refractivity contribution in [2.75, 3.05) is 27.2 Å². The van der Waals surface area contributed by atoms with Crippen LogP contribution in [0.15, 0.2) is 24.3 Å². The summed E-state index contributed by atoms with van der Waals surface area (Å²) >= 11 is 0. The zero-order valence-corrected chi connectivity index (χ0v) is 13.6. The van der Waals surface area contributed by atoms with E-state index < -0.39 is 0 Å². The molecule has 0 fully saturated rings. The third kappa shape index (κ3) is 7.12. The number of hydrogen-bond acceptors (Lipinski definition) is 4. The van der Waals surface area contributed by atoms with Crippen molar-refractivity contribution in [2.45, 2.75) is 32.9 Å². The molecule has 4 heteroatoms. The average Bonchev–Trinajstić information content (AvgIpc) is 2.44. The predicted molar refractivity (Wildman–Crippen MR) is 86.2 cm³/mol. The molecule has 1 unspecified atom stereocenters. The van der Waals surface area contributed by atoms with Crippen LogP contribution in [-0.4, -0.2) is 38.2 Å². The summed E-state index contributed by atoms with van der Waals surface area (Å²) in [5.41, 5.74) is 1.22. The van der Waals surface area contributed by atoms with E-state index in [-0.39, 0.29) is 6.61 Å². The molecule has 0 bridgehead atoms. The fourth-order valence-electron chi connectivity index (χ4n) is 2.22. The summed E-state index contributed by atoms with van der Waals surface area (Å²) in [6.07, 6.45) is 1.20. The van der Waals surface area contributed by atoms with Crippen LogP contribution in [0.4, 0.5) is 0 Å². The minimum absolute atomic E-state index is 0.0946. The normalized spacial score (nSPS) is 12.4. The average molecular weight is 289 g/mol. The quantitative estimate of drug-likeness (QED) is 0.759. The SMILES string of the molecule is CC(C)CC(CNCc1ccc(OCC#N)cc1)N(C)C. The van der Waals surface area contributed by atoms with Crippen LogP contribution in [0.1, 0.15) is 25.8 Å². The molecule has 0 aliphatic heterocycles. The van der Waals surface area contributed by atoms with Crippen molar-refractivity contribution < 1.29 is 4.74 Å². The van der Waals surface area contributed by atoms with Crippen LogP contribution in [0.2, 0.25) is 0 Å². The third-order valence-corrected chi connectivity index (χ3v) is 3.41. The molecule has 0 aliphatic rings. The number of nitriles is 1. The Balaban J connectivity index is 2.38. The predicted octanol–water partition coefficient (Wildman–Crippen LogP) is 2.65. The number of hydrogen-bond donors (Lipinski definition) is 1. The summed E-state index contributed by atoms with van der Waals surface area (Å²) in [5, 5.41) is 12.0. The maximum Gasteiger partial charge on any atom is 0.174 e. The summed E-state index contributed by atoms with van der Waals surface area (Å²) in [7, 11) is 4.27. The molecule has 1 aromatic carbocycles. The molecular formula is C17H27N3O. The second-order valence-electron chi connectivity index (χ2n) is 5.97. The first kappa shape index (κ1) is 17.5. The van der Waals surface area contributed by atoms with E-state index in [0.29, 0.717) is 12.0 Å². The number of benzene rings is 1. The minimum atomic E-state index is 0.0946. The highest BCUT2D eigenvalue weighted by atomic mass is 16.5. The summed E-state index contributed by atoms with van der Waals surface area (Å²) < 4.78 is 5.24. The summed E-state index contributed by atoms with van der Waals surface area (Å²) in [6.45, 7) is 6.45. The van der Waals surface area contributed by atoms with E-state index in [9.17, 15) is 0 Å². The van der Waals surface area contributed by atoms with Crippen LogP contribution < -0.4 is 10.1 Å². The van der Waals surface area contributed by atoms with Crippen molar-refractivity contribution in [3.8, 4) is 11.8 Å². The van der Waals surface area contributed by atoms with E-state index in [1.54, 1.807) is 0 Å². The Bertz CT molecular complexity index is 434. The second-order valence-corrected chi connectivity index (χ2v) is 5.97.